The van der Waals surface area contributed by atoms with Crippen molar-refractivity contribution < 1.29 is 9.90 Å². The highest BCUT2D eigenvalue weighted by molar-refractivity contribution is 6.32. The molecule has 0 saturated carbocycles. The minimum atomic E-state index is -0.158. The van der Waals surface area contributed by atoms with Crippen LogP contribution in [0.25, 0.3) is 22.6 Å². The number of hydrogen-bond acceptors (Lipinski definition) is 6. The number of benzene rings is 2. The summed E-state index contributed by atoms with van der Waals surface area (Å²) in [7, 11) is 0. The van der Waals surface area contributed by atoms with E-state index in [0.717, 1.165) is 52.3 Å². The Labute approximate surface area is 220 Å². The number of hydrogen-bond donors (Lipinski definition) is 3. The van der Waals surface area contributed by atoms with Crippen molar-refractivity contribution >= 4 is 28.8 Å². The van der Waals surface area contributed by atoms with E-state index in [4.69, 9.17) is 33.3 Å². The van der Waals surface area contributed by atoms with Gasteiger partial charge < -0.3 is 16.6 Å². The molecule has 2 heterocycles. The van der Waals surface area contributed by atoms with Crippen molar-refractivity contribution in [2.45, 2.75) is 19.8 Å². The van der Waals surface area contributed by atoms with Crippen LogP contribution in [0.15, 0.2) is 67.4 Å². The second-order valence-electron chi connectivity index (χ2n) is 8.43. The average molecular weight is 512 g/mol. The van der Waals surface area contributed by atoms with Gasteiger partial charge in [-0.15, -0.1) is 0 Å². The molecule has 0 atom stereocenters. The lowest BCUT2D eigenvalue weighted by Crippen LogP contribution is -2.08. The van der Waals surface area contributed by atoms with Gasteiger partial charge >= 0.3 is 0 Å². The Morgan fingerprint density at radius 2 is 1.95 bits per heavy atom. The van der Waals surface area contributed by atoms with Crippen LogP contribution in [0.3, 0.4) is 0 Å². The molecular weight excluding hydrogens is 486 g/mol. The molecule has 186 valence electrons. The Morgan fingerprint density at radius 1 is 1.19 bits per heavy atom. The van der Waals surface area contributed by atoms with E-state index in [0.29, 0.717) is 11.3 Å². The number of halogens is 1. The zero-order chi connectivity index (χ0) is 26.5. The first-order chi connectivity index (χ1) is 17.8. The number of carbonyl (C=O) groups is 1. The first-order valence-electron chi connectivity index (χ1n) is 11.6. The van der Waals surface area contributed by atoms with Crippen LogP contribution in [-0.2, 0) is 12.8 Å². The number of nitrogens with two attached hydrogens (primary N) is 2. The maximum atomic E-state index is 10.7. The molecule has 2 aromatic heterocycles. The maximum absolute atomic E-state index is 10.7. The summed E-state index contributed by atoms with van der Waals surface area (Å²) in [4.78, 5) is 14.5. The molecule has 0 radical (unpaired) electrons. The van der Waals surface area contributed by atoms with Crippen molar-refractivity contribution in [2.75, 3.05) is 12.3 Å². The molecule has 0 saturated heterocycles. The standard InChI is InChI=1S/C22H20N4O.C7H6ClNO/c1-14(23)21-19-11-7-16-6-8-17(24)13-20(16)22(19)26(25-21)18-9-4-15(5-10-18)3-2-12-27;1-5(10)6-3-2-4-9-7(6)8/h4-6,8-10,13,27H,1,7,11-12,23-24H2;2-4H,1H3. The van der Waals surface area contributed by atoms with Crippen LogP contribution in [0.5, 0.6) is 0 Å². The number of nitrogen functional groups attached to an aromatic ring is 1. The minimum absolute atomic E-state index is 0.0573. The Kier molecular flexibility index (Phi) is 7.73. The van der Waals surface area contributed by atoms with Gasteiger partial charge in [-0.2, -0.15) is 5.10 Å². The zero-order valence-corrected chi connectivity index (χ0v) is 21.1. The van der Waals surface area contributed by atoms with Gasteiger partial charge in [0.25, 0.3) is 0 Å². The molecule has 0 amide bonds. The van der Waals surface area contributed by atoms with E-state index < -0.39 is 0 Å². The largest absolute Gasteiger partial charge is 0.399 e. The van der Waals surface area contributed by atoms with Crippen LogP contribution < -0.4 is 11.5 Å². The van der Waals surface area contributed by atoms with E-state index in [9.17, 15) is 4.79 Å². The van der Waals surface area contributed by atoms with Gasteiger partial charge in [-0.3, -0.25) is 4.79 Å². The lowest BCUT2D eigenvalue weighted by molar-refractivity contribution is 0.101. The zero-order valence-electron chi connectivity index (χ0n) is 20.3. The van der Waals surface area contributed by atoms with Gasteiger partial charge in [0.1, 0.15) is 17.5 Å². The monoisotopic (exact) mass is 511 g/mol. The molecule has 5 rings (SSSR count). The van der Waals surface area contributed by atoms with E-state index in [1.165, 1.54) is 12.5 Å². The predicted molar refractivity (Wildman–Crippen MR) is 147 cm³/mol. The van der Waals surface area contributed by atoms with Crippen LogP contribution in [-0.4, -0.2) is 32.3 Å². The second-order valence-corrected chi connectivity index (χ2v) is 8.79. The summed E-state index contributed by atoms with van der Waals surface area (Å²) in [5.74, 6) is 5.50. The molecule has 8 heteroatoms. The number of carbonyl (C=O) groups excluding carboxylic acids is 1. The first-order valence-corrected chi connectivity index (χ1v) is 11.9. The van der Waals surface area contributed by atoms with E-state index in [-0.39, 0.29) is 17.5 Å². The number of aryl methyl sites for hydroxylation is 1. The molecule has 2 aromatic carbocycles. The van der Waals surface area contributed by atoms with Crippen LogP contribution in [0, 0.1) is 11.8 Å². The third-order valence-corrected chi connectivity index (χ3v) is 6.18. The van der Waals surface area contributed by atoms with Gasteiger partial charge in [0.05, 0.1) is 22.6 Å². The molecule has 37 heavy (non-hydrogen) atoms. The molecule has 0 unspecified atom stereocenters. The van der Waals surface area contributed by atoms with Gasteiger partial charge in [-0.05, 0) is 73.9 Å². The van der Waals surface area contributed by atoms with Gasteiger partial charge in [0.15, 0.2) is 5.78 Å². The molecule has 0 spiro atoms. The number of anilines is 1. The number of fused-ring (bicyclic) bond motifs is 3. The topological polar surface area (TPSA) is 120 Å². The normalized spacial score (nSPS) is 11.2. The highest BCUT2D eigenvalue weighted by Gasteiger charge is 2.26. The molecule has 5 N–H and O–H groups in total. The van der Waals surface area contributed by atoms with Crippen molar-refractivity contribution in [3.05, 3.63) is 100 Å². The fourth-order valence-electron chi connectivity index (χ4n) is 4.18. The lowest BCUT2D eigenvalue weighted by Gasteiger charge is -2.19. The molecule has 1 aliphatic carbocycles. The summed E-state index contributed by atoms with van der Waals surface area (Å²) in [6, 6.07) is 17.1. The summed E-state index contributed by atoms with van der Waals surface area (Å²) in [6.45, 7) is 5.20. The van der Waals surface area contributed by atoms with Crippen LogP contribution >= 0.6 is 11.6 Å². The third kappa shape index (κ3) is 5.56. The first kappa shape index (κ1) is 25.7. The fourth-order valence-corrected chi connectivity index (χ4v) is 4.43. The minimum Gasteiger partial charge on any atom is -0.399 e. The number of nitrogens with zero attached hydrogens (tertiary/aromatic N) is 3. The van der Waals surface area contributed by atoms with E-state index in [2.05, 4.69) is 29.5 Å². The van der Waals surface area contributed by atoms with Crippen LogP contribution in [0.1, 0.15) is 39.7 Å². The fraction of sp³-hybridized carbons (Fsp3) is 0.138. The number of ketones is 1. The summed E-state index contributed by atoms with van der Waals surface area (Å²) >= 11 is 5.59. The Balaban J connectivity index is 0.000000270. The average Bonchev–Trinajstić information content (AvgIpc) is 3.29. The van der Waals surface area contributed by atoms with Crippen molar-refractivity contribution in [2.24, 2.45) is 5.73 Å². The van der Waals surface area contributed by atoms with Crippen molar-refractivity contribution in [1.29, 1.82) is 0 Å². The second kappa shape index (κ2) is 11.1. The van der Waals surface area contributed by atoms with Gasteiger partial charge in [-0.1, -0.05) is 36.1 Å². The summed E-state index contributed by atoms with van der Waals surface area (Å²) < 4.78 is 1.91. The maximum Gasteiger partial charge on any atom is 0.162 e. The van der Waals surface area contributed by atoms with Crippen LogP contribution in [0.2, 0.25) is 5.15 Å². The van der Waals surface area contributed by atoms with E-state index >= 15 is 0 Å². The Morgan fingerprint density at radius 3 is 2.57 bits per heavy atom. The number of aliphatic hydroxyl groups excluding tert-OH is 1. The van der Waals surface area contributed by atoms with Crippen molar-refractivity contribution in [3.63, 3.8) is 0 Å². The van der Waals surface area contributed by atoms with E-state index in [1.54, 1.807) is 18.3 Å². The third-order valence-electron chi connectivity index (χ3n) is 5.88. The number of Topliss-reactive ketones (excluding diaryl/α,β-unsaturated/α-hetero) is 1. The smallest absolute Gasteiger partial charge is 0.162 e. The summed E-state index contributed by atoms with van der Waals surface area (Å²) in [5, 5.41) is 13.9. The molecule has 1 aliphatic rings. The number of aromatic nitrogens is 3. The molecule has 0 aliphatic heterocycles. The van der Waals surface area contributed by atoms with Gasteiger partial charge in [-0.25, -0.2) is 9.67 Å². The summed E-state index contributed by atoms with van der Waals surface area (Å²) in [6.07, 6.45) is 3.33. The number of aliphatic hydroxyl groups is 1. The quantitative estimate of drug-likeness (QED) is 0.162. The summed E-state index contributed by atoms with van der Waals surface area (Å²) in [5.41, 5.74) is 20.7. The molecule has 0 bridgehead atoms. The number of pyridine rings is 1. The Hall–Kier alpha value is -4.38. The highest BCUT2D eigenvalue weighted by Crippen LogP contribution is 2.38. The van der Waals surface area contributed by atoms with Gasteiger partial charge in [0, 0.05) is 28.6 Å². The molecule has 7 nitrogen and oxygen atoms in total. The molecule has 0 fully saturated rings. The van der Waals surface area contributed by atoms with Crippen molar-refractivity contribution in [3.8, 4) is 28.8 Å². The van der Waals surface area contributed by atoms with Gasteiger partial charge in [0.2, 0.25) is 0 Å². The highest BCUT2D eigenvalue weighted by atomic mass is 35.5. The SMILES string of the molecule is C=C(N)c1nn(-c2ccc(C#CCO)cc2)c2c1CCc1ccc(N)cc1-2.CC(=O)c1cccnc1Cl. The van der Waals surface area contributed by atoms with Crippen LogP contribution in [0.4, 0.5) is 5.69 Å². The number of rotatable bonds is 3. The Bertz CT molecular complexity index is 1550. The predicted octanol–water partition coefficient (Wildman–Crippen LogP) is 4.43. The molecule has 4 aromatic rings. The van der Waals surface area contributed by atoms with E-state index in [1.807, 2.05) is 41.1 Å². The van der Waals surface area contributed by atoms with Crippen molar-refractivity contribution in [1.82, 2.24) is 14.8 Å². The lowest BCUT2D eigenvalue weighted by atomic mass is 9.88. The molecular formula is C29H26ClN5O2.